The van der Waals surface area contributed by atoms with Crippen molar-refractivity contribution in [2.45, 2.75) is 6.04 Å². The van der Waals surface area contributed by atoms with Crippen LogP contribution in [0.2, 0.25) is 0 Å². The van der Waals surface area contributed by atoms with E-state index in [1.54, 1.807) is 21.3 Å². The quantitative estimate of drug-likeness (QED) is 0.553. The summed E-state index contributed by atoms with van der Waals surface area (Å²) in [5.74, 6) is 1.32. The highest BCUT2D eigenvalue weighted by atomic mass is 16.5. The summed E-state index contributed by atoms with van der Waals surface area (Å²) in [5, 5.41) is 4.06. The molecular weight excluding hydrogens is 396 g/mol. The Morgan fingerprint density at radius 3 is 2.48 bits per heavy atom. The number of aryl methyl sites for hydroxylation is 1. The van der Waals surface area contributed by atoms with E-state index in [4.69, 9.17) is 9.47 Å². The van der Waals surface area contributed by atoms with Gasteiger partial charge in [-0.15, -0.1) is 0 Å². The van der Waals surface area contributed by atoms with Crippen LogP contribution in [0.15, 0.2) is 58.3 Å². The molecule has 2 aromatic heterocycles. The van der Waals surface area contributed by atoms with Crippen LogP contribution in [0, 0.1) is 0 Å². The zero-order valence-electron chi connectivity index (χ0n) is 17.7. The van der Waals surface area contributed by atoms with Crippen molar-refractivity contribution in [1.82, 2.24) is 13.7 Å². The van der Waals surface area contributed by atoms with Crippen molar-refractivity contribution >= 4 is 16.6 Å². The zero-order valence-corrected chi connectivity index (χ0v) is 17.7. The van der Waals surface area contributed by atoms with Gasteiger partial charge in [-0.05, 0) is 24.3 Å². The van der Waals surface area contributed by atoms with Gasteiger partial charge in [0.25, 0.3) is 5.56 Å². The number of para-hydroxylation sites is 2. The minimum absolute atomic E-state index is 0.321. The minimum Gasteiger partial charge on any atom is -0.497 e. The highest BCUT2D eigenvalue weighted by Crippen LogP contribution is 2.43. The summed E-state index contributed by atoms with van der Waals surface area (Å²) >= 11 is 0. The molecule has 5 rings (SSSR count). The fourth-order valence-corrected chi connectivity index (χ4v) is 4.40. The lowest BCUT2D eigenvalue weighted by molar-refractivity contribution is 0.390. The first kappa shape index (κ1) is 19.0. The minimum atomic E-state index is -0.370. The highest BCUT2D eigenvalue weighted by Gasteiger charge is 2.32. The summed E-state index contributed by atoms with van der Waals surface area (Å²) in [6, 6.07) is 13.1. The molecule has 0 aliphatic carbocycles. The topological polar surface area (TPSA) is 79.4 Å². The van der Waals surface area contributed by atoms with Crippen LogP contribution in [-0.4, -0.2) is 27.9 Å². The first-order valence-corrected chi connectivity index (χ1v) is 9.85. The fourth-order valence-electron chi connectivity index (χ4n) is 4.40. The van der Waals surface area contributed by atoms with Gasteiger partial charge < -0.3 is 19.4 Å². The number of rotatable bonds is 3. The molecule has 3 heterocycles. The molecule has 4 aromatic rings. The fraction of sp³-hybridized carbons (Fsp3) is 0.217. The molecule has 1 aliphatic rings. The summed E-state index contributed by atoms with van der Waals surface area (Å²) in [6.45, 7) is 0. The summed E-state index contributed by atoms with van der Waals surface area (Å²) in [6.07, 6.45) is 1.81. The normalized spacial score (nSPS) is 14.6. The number of ether oxygens (including phenoxy) is 2. The van der Waals surface area contributed by atoms with Gasteiger partial charge in [0, 0.05) is 31.9 Å². The van der Waals surface area contributed by atoms with E-state index in [0.717, 1.165) is 27.2 Å². The molecular formula is C23H22N4O4. The van der Waals surface area contributed by atoms with E-state index in [2.05, 4.69) is 5.32 Å². The molecule has 0 radical (unpaired) electrons. The van der Waals surface area contributed by atoms with Gasteiger partial charge >= 0.3 is 5.69 Å². The van der Waals surface area contributed by atoms with Gasteiger partial charge in [0.2, 0.25) is 0 Å². The van der Waals surface area contributed by atoms with Gasteiger partial charge in [0.15, 0.2) is 0 Å². The van der Waals surface area contributed by atoms with E-state index >= 15 is 0 Å². The largest absolute Gasteiger partial charge is 0.497 e. The van der Waals surface area contributed by atoms with E-state index in [0.29, 0.717) is 22.4 Å². The molecule has 158 valence electrons. The molecule has 1 N–H and O–H groups in total. The Morgan fingerprint density at radius 2 is 1.74 bits per heavy atom. The third-order valence-electron chi connectivity index (χ3n) is 5.95. The Kier molecular flexibility index (Phi) is 4.18. The van der Waals surface area contributed by atoms with Crippen LogP contribution in [0.5, 0.6) is 11.5 Å². The molecule has 0 fully saturated rings. The number of anilines is 1. The van der Waals surface area contributed by atoms with E-state index in [1.807, 2.05) is 53.2 Å². The predicted molar refractivity (Wildman–Crippen MR) is 119 cm³/mol. The maximum atomic E-state index is 13.0. The van der Waals surface area contributed by atoms with Crippen molar-refractivity contribution in [3.05, 3.63) is 80.8 Å². The van der Waals surface area contributed by atoms with Crippen LogP contribution < -0.4 is 26.0 Å². The second-order valence-electron chi connectivity index (χ2n) is 7.55. The monoisotopic (exact) mass is 418 g/mol. The van der Waals surface area contributed by atoms with Gasteiger partial charge in [-0.25, -0.2) is 4.79 Å². The van der Waals surface area contributed by atoms with Gasteiger partial charge in [0.05, 0.1) is 48.2 Å². The van der Waals surface area contributed by atoms with Crippen LogP contribution in [0.4, 0.5) is 5.69 Å². The summed E-state index contributed by atoms with van der Waals surface area (Å²) in [5.41, 5.74) is 3.40. The molecule has 0 spiro atoms. The third kappa shape index (κ3) is 2.61. The number of benzene rings is 2. The Balaban J connectivity index is 1.90. The van der Waals surface area contributed by atoms with Crippen molar-refractivity contribution in [3.63, 3.8) is 0 Å². The molecule has 0 saturated heterocycles. The number of nitrogens with one attached hydrogen (secondary N) is 1. The highest BCUT2D eigenvalue weighted by molar-refractivity contribution is 5.86. The maximum Gasteiger partial charge on any atom is 0.331 e. The molecule has 2 aromatic carbocycles. The van der Waals surface area contributed by atoms with Gasteiger partial charge in [-0.3, -0.25) is 13.9 Å². The zero-order chi connectivity index (χ0) is 21.9. The second kappa shape index (κ2) is 6.80. The van der Waals surface area contributed by atoms with Crippen LogP contribution in [0.3, 0.4) is 0 Å². The first-order valence-electron chi connectivity index (χ1n) is 9.85. The average Bonchev–Trinajstić information content (AvgIpc) is 3.21. The van der Waals surface area contributed by atoms with E-state index in [-0.39, 0.29) is 17.3 Å². The number of hydrogen-bond donors (Lipinski definition) is 1. The Labute approximate surface area is 177 Å². The number of nitrogens with zero attached hydrogens (tertiary/aromatic N) is 3. The van der Waals surface area contributed by atoms with Gasteiger partial charge in [-0.1, -0.05) is 12.1 Å². The first-order chi connectivity index (χ1) is 15.0. The van der Waals surface area contributed by atoms with Crippen molar-refractivity contribution in [1.29, 1.82) is 0 Å². The van der Waals surface area contributed by atoms with Crippen molar-refractivity contribution in [3.8, 4) is 17.2 Å². The van der Waals surface area contributed by atoms with Crippen molar-refractivity contribution in [2.75, 3.05) is 19.5 Å². The number of aromatic nitrogens is 3. The molecule has 1 atom stereocenters. The van der Waals surface area contributed by atoms with Crippen LogP contribution in [-0.2, 0) is 14.1 Å². The van der Waals surface area contributed by atoms with Crippen LogP contribution >= 0.6 is 0 Å². The average molecular weight is 418 g/mol. The summed E-state index contributed by atoms with van der Waals surface area (Å²) in [4.78, 5) is 25.7. The lowest BCUT2D eigenvalue weighted by atomic mass is 9.98. The van der Waals surface area contributed by atoms with E-state index in [1.165, 1.54) is 11.6 Å². The standard InChI is InChI=1S/C23H22N4O4/c1-25-20-15(22(28)26(2)23(25)29)12-27-17-8-6-5-7-16(17)24-19(21(20)27)14-10-9-13(30-3)11-18(14)31-4/h5-12,19,24H,1-4H3/t19-/m0/s1. The Hall–Kier alpha value is -3.94. The number of methoxy groups -OCH3 is 2. The summed E-state index contributed by atoms with van der Waals surface area (Å²) < 4.78 is 15.7. The molecule has 1 aliphatic heterocycles. The van der Waals surface area contributed by atoms with Crippen LogP contribution in [0.25, 0.3) is 16.6 Å². The van der Waals surface area contributed by atoms with E-state index in [9.17, 15) is 9.59 Å². The molecule has 0 unspecified atom stereocenters. The molecule has 8 nitrogen and oxygen atoms in total. The number of fused-ring (bicyclic) bond motifs is 5. The van der Waals surface area contributed by atoms with Crippen LogP contribution in [0.1, 0.15) is 17.3 Å². The lowest BCUT2D eigenvalue weighted by Crippen LogP contribution is -2.37. The molecule has 0 amide bonds. The third-order valence-corrected chi connectivity index (χ3v) is 5.95. The smallest absolute Gasteiger partial charge is 0.331 e. The molecule has 0 saturated carbocycles. The Bertz CT molecular complexity index is 1460. The van der Waals surface area contributed by atoms with Gasteiger partial charge in [0.1, 0.15) is 11.5 Å². The van der Waals surface area contributed by atoms with Gasteiger partial charge in [-0.2, -0.15) is 0 Å². The SMILES string of the molecule is COc1ccc([C@@H]2Nc3ccccc3-n3cc4c(=O)n(C)c(=O)n(C)c4c32)c(OC)c1. The molecule has 31 heavy (non-hydrogen) atoms. The van der Waals surface area contributed by atoms with Crippen molar-refractivity contribution in [2.24, 2.45) is 14.1 Å². The number of hydrogen-bond acceptors (Lipinski definition) is 5. The van der Waals surface area contributed by atoms with E-state index < -0.39 is 0 Å². The predicted octanol–water partition coefficient (Wildman–Crippen LogP) is 2.56. The molecule has 0 bridgehead atoms. The molecule has 8 heteroatoms. The maximum absolute atomic E-state index is 13.0. The van der Waals surface area contributed by atoms with Crippen molar-refractivity contribution < 1.29 is 9.47 Å². The second-order valence-corrected chi connectivity index (χ2v) is 7.55. The Morgan fingerprint density at radius 1 is 0.968 bits per heavy atom. The lowest BCUT2D eigenvalue weighted by Gasteiger charge is -2.31. The summed E-state index contributed by atoms with van der Waals surface area (Å²) in [7, 11) is 6.40.